The fraction of sp³-hybridized carbons (Fsp3) is 0.357. The number of terminal acetylenes is 1. The molecule has 0 saturated heterocycles. The predicted octanol–water partition coefficient (Wildman–Crippen LogP) is 3.62. The van der Waals surface area contributed by atoms with Gasteiger partial charge in [0.15, 0.2) is 5.82 Å². The largest absolute Gasteiger partial charge is 0.270 e. The number of hydrogen-bond donors (Lipinski definition) is 0. The first-order valence-corrected chi connectivity index (χ1v) is 9.58. The first-order valence-electron chi connectivity index (χ1n) is 6.00. The highest BCUT2D eigenvalue weighted by molar-refractivity contribution is 6.76. The van der Waals surface area contributed by atoms with Gasteiger partial charge in [-0.1, -0.05) is 31.8 Å². The minimum Gasteiger partial charge on any atom is -0.270 e. The molecule has 2 rings (SSSR count). The second kappa shape index (κ2) is 4.58. The fourth-order valence-electron chi connectivity index (χ4n) is 2.10. The van der Waals surface area contributed by atoms with Crippen LogP contribution in [0, 0.1) is 18.2 Å². The summed E-state index contributed by atoms with van der Waals surface area (Å²) in [6.07, 6.45) is 7.99. The number of benzene rings is 1. The smallest absolute Gasteiger partial charge is 0.151 e. The second-order valence-electron chi connectivity index (χ2n) is 5.58. The van der Waals surface area contributed by atoms with Crippen molar-refractivity contribution in [1.29, 1.82) is 0 Å². The standard InChI is InChI=1S/C14H17FN2Si/c1-5-7-13(18(2,3)4)17-10-11-8-6-9-12(15)14(11)16-17/h1,6,8-10,13H,7H2,2-4H3. The molecular formula is C14H17FN2Si. The number of nitrogens with zero attached hydrogens (tertiary/aromatic N) is 2. The van der Waals surface area contributed by atoms with E-state index in [9.17, 15) is 4.39 Å². The van der Waals surface area contributed by atoms with E-state index < -0.39 is 8.07 Å². The van der Waals surface area contributed by atoms with Crippen molar-refractivity contribution in [3.05, 3.63) is 30.2 Å². The zero-order valence-corrected chi connectivity index (χ0v) is 11.9. The van der Waals surface area contributed by atoms with Gasteiger partial charge < -0.3 is 0 Å². The lowest BCUT2D eigenvalue weighted by atomic mass is 10.2. The summed E-state index contributed by atoms with van der Waals surface area (Å²) >= 11 is 0. The quantitative estimate of drug-likeness (QED) is 0.609. The van der Waals surface area contributed by atoms with E-state index in [1.165, 1.54) is 6.07 Å². The van der Waals surface area contributed by atoms with Crippen LogP contribution in [-0.2, 0) is 0 Å². The van der Waals surface area contributed by atoms with Crippen molar-refractivity contribution in [2.75, 3.05) is 0 Å². The van der Waals surface area contributed by atoms with Crippen molar-refractivity contribution in [3.8, 4) is 12.3 Å². The predicted molar refractivity (Wildman–Crippen MR) is 75.5 cm³/mol. The SMILES string of the molecule is C#CCC(n1cc2cccc(F)c2n1)[Si](C)(C)C. The molecule has 0 N–H and O–H groups in total. The Morgan fingerprint density at radius 2 is 2.17 bits per heavy atom. The van der Waals surface area contributed by atoms with Crippen molar-refractivity contribution in [1.82, 2.24) is 9.78 Å². The Labute approximate surface area is 108 Å². The normalized spacial score (nSPS) is 13.5. The van der Waals surface area contributed by atoms with Crippen LogP contribution >= 0.6 is 0 Å². The minimum atomic E-state index is -1.49. The van der Waals surface area contributed by atoms with Gasteiger partial charge in [-0.05, 0) is 6.07 Å². The van der Waals surface area contributed by atoms with Gasteiger partial charge in [0.05, 0.1) is 13.7 Å². The van der Waals surface area contributed by atoms with Gasteiger partial charge in [-0.15, -0.1) is 12.3 Å². The third-order valence-corrected chi connectivity index (χ3v) is 5.60. The Balaban J connectivity index is 2.52. The molecule has 0 spiro atoms. The molecule has 0 saturated carbocycles. The van der Waals surface area contributed by atoms with Crippen molar-refractivity contribution in [3.63, 3.8) is 0 Å². The maximum absolute atomic E-state index is 13.6. The van der Waals surface area contributed by atoms with Crippen LogP contribution < -0.4 is 0 Å². The zero-order chi connectivity index (χ0) is 13.3. The molecule has 94 valence electrons. The van der Waals surface area contributed by atoms with E-state index in [0.29, 0.717) is 11.9 Å². The van der Waals surface area contributed by atoms with E-state index in [1.54, 1.807) is 6.07 Å². The average Bonchev–Trinajstić information content (AvgIpc) is 2.69. The molecule has 0 radical (unpaired) electrons. The van der Waals surface area contributed by atoms with Crippen LogP contribution in [0.1, 0.15) is 12.1 Å². The molecule has 1 aromatic heterocycles. The molecule has 0 aliphatic heterocycles. The van der Waals surface area contributed by atoms with Crippen LogP contribution in [0.3, 0.4) is 0 Å². The van der Waals surface area contributed by atoms with Crippen molar-refractivity contribution >= 4 is 19.0 Å². The van der Waals surface area contributed by atoms with Gasteiger partial charge in [-0.2, -0.15) is 5.10 Å². The Morgan fingerprint density at radius 1 is 1.44 bits per heavy atom. The lowest BCUT2D eigenvalue weighted by molar-refractivity contribution is 0.578. The summed E-state index contributed by atoms with van der Waals surface area (Å²) in [4.78, 5) is 0. The monoisotopic (exact) mass is 260 g/mol. The van der Waals surface area contributed by atoms with E-state index in [2.05, 4.69) is 30.7 Å². The van der Waals surface area contributed by atoms with Gasteiger partial charge in [-0.25, -0.2) is 4.39 Å². The van der Waals surface area contributed by atoms with Crippen LogP contribution in [0.4, 0.5) is 4.39 Å². The first-order chi connectivity index (χ1) is 8.43. The Morgan fingerprint density at radius 3 is 2.72 bits per heavy atom. The van der Waals surface area contributed by atoms with Crippen molar-refractivity contribution in [2.45, 2.75) is 31.7 Å². The summed E-state index contributed by atoms with van der Waals surface area (Å²) < 4.78 is 15.5. The molecule has 0 aliphatic rings. The molecule has 2 nitrogen and oxygen atoms in total. The summed E-state index contributed by atoms with van der Waals surface area (Å²) in [5, 5.41) is 5.21. The van der Waals surface area contributed by atoms with Gasteiger partial charge in [0, 0.05) is 18.0 Å². The molecule has 2 aromatic rings. The fourth-order valence-corrected chi connectivity index (χ4v) is 3.75. The summed E-state index contributed by atoms with van der Waals surface area (Å²) in [6, 6.07) is 5.01. The molecule has 1 unspecified atom stereocenters. The van der Waals surface area contributed by atoms with Crippen LogP contribution in [0.25, 0.3) is 10.9 Å². The van der Waals surface area contributed by atoms with Gasteiger partial charge in [0.25, 0.3) is 0 Å². The number of aromatic nitrogens is 2. The molecule has 1 heterocycles. The topological polar surface area (TPSA) is 17.8 Å². The van der Waals surface area contributed by atoms with E-state index in [-0.39, 0.29) is 11.5 Å². The Hall–Kier alpha value is -1.60. The lowest BCUT2D eigenvalue weighted by Gasteiger charge is -2.27. The Kier molecular flexibility index (Phi) is 3.27. The second-order valence-corrected chi connectivity index (χ2v) is 11.0. The highest BCUT2D eigenvalue weighted by atomic mass is 28.3. The summed E-state index contributed by atoms with van der Waals surface area (Å²) in [5.41, 5.74) is 0.632. The lowest BCUT2D eigenvalue weighted by Crippen LogP contribution is -2.35. The zero-order valence-electron chi connectivity index (χ0n) is 10.9. The van der Waals surface area contributed by atoms with E-state index in [0.717, 1.165) is 5.39 Å². The molecule has 0 aliphatic carbocycles. The van der Waals surface area contributed by atoms with Gasteiger partial charge >= 0.3 is 0 Å². The summed E-state index contributed by atoms with van der Waals surface area (Å²) in [7, 11) is -1.49. The number of rotatable bonds is 3. The third-order valence-electron chi connectivity index (χ3n) is 3.14. The molecule has 0 fully saturated rings. The average molecular weight is 260 g/mol. The maximum Gasteiger partial charge on any atom is 0.151 e. The highest BCUT2D eigenvalue weighted by Gasteiger charge is 2.28. The van der Waals surface area contributed by atoms with Crippen LogP contribution in [-0.4, -0.2) is 17.9 Å². The van der Waals surface area contributed by atoms with Crippen LogP contribution in [0.15, 0.2) is 24.4 Å². The molecular weight excluding hydrogens is 243 g/mol. The summed E-state index contributed by atoms with van der Waals surface area (Å²) in [6.45, 7) is 6.74. The van der Waals surface area contributed by atoms with E-state index in [1.807, 2.05) is 16.9 Å². The molecule has 1 atom stereocenters. The first kappa shape index (κ1) is 12.8. The molecule has 1 aromatic carbocycles. The Bertz CT molecular complexity index is 604. The molecule has 18 heavy (non-hydrogen) atoms. The summed E-state index contributed by atoms with van der Waals surface area (Å²) in [5.74, 6) is 2.44. The number of halogens is 1. The maximum atomic E-state index is 13.6. The van der Waals surface area contributed by atoms with Crippen LogP contribution in [0.2, 0.25) is 19.6 Å². The van der Waals surface area contributed by atoms with Crippen molar-refractivity contribution in [2.24, 2.45) is 0 Å². The van der Waals surface area contributed by atoms with Crippen LogP contribution in [0.5, 0.6) is 0 Å². The molecule has 4 heteroatoms. The van der Waals surface area contributed by atoms with E-state index in [4.69, 9.17) is 6.42 Å². The molecule has 0 bridgehead atoms. The minimum absolute atomic E-state index is 0.203. The van der Waals surface area contributed by atoms with Crippen molar-refractivity contribution < 1.29 is 4.39 Å². The van der Waals surface area contributed by atoms with Gasteiger partial charge in [0.1, 0.15) is 5.52 Å². The number of fused-ring (bicyclic) bond motifs is 1. The molecule has 0 amide bonds. The van der Waals surface area contributed by atoms with Gasteiger partial charge in [0.2, 0.25) is 0 Å². The van der Waals surface area contributed by atoms with Gasteiger partial charge in [-0.3, -0.25) is 4.68 Å². The third kappa shape index (κ3) is 2.32. The highest BCUT2D eigenvalue weighted by Crippen LogP contribution is 2.26. The van der Waals surface area contributed by atoms with E-state index >= 15 is 0 Å². The number of hydrogen-bond acceptors (Lipinski definition) is 1.